The monoisotopic (exact) mass is 588 g/mol. The van der Waals surface area contributed by atoms with Gasteiger partial charge in [0.05, 0.1) is 12.1 Å². The molecule has 1 aromatic carbocycles. The van der Waals surface area contributed by atoms with Gasteiger partial charge in [-0.25, -0.2) is 4.79 Å². The number of carbonyl (C=O) groups excluding carboxylic acids is 2. The smallest absolute Gasteiger partial charge is 0.322 e. The number of hydrogen-bond acceptors (Lipinski definition) is 2. The molecule has 0 aromatic heterocycles. The van der Waals surface area contributed by atoms with Gasteiger partial charge in [-0.05, 0) is 38.2 Å². The van der Waals surface area contributed by atoms with Crippen LogP contribution < -0.4 is 0 Å². The fraction of sp³-hybridized carbons (Fsp3) is 0.630. The number of imide groups is 1. The van der Waals surface area contributed by atoms with Gasteiger partial charge in [0.25, 0.3) is 0 Å². The maximum Gasteiger partial charge on any atom is 0.460 e. The highest BCUT2D eigenvalue weighted by molar-refractivity contribution is 5.98. The molecule has 226 valence electrons. The number of benzene rings is 1. The van der Waals surface area contributed by atoms with Crippen LogP contribution in [0.3, 0.4) is 0 Å². The summed E-state index contributed by atoms with van der Waals surface area (Å²) in [6, 6.07) is 6.06. The van der Waals surface area contributed by atoms with E-state index in [4.69, 9.17) is 0 Å². The Hall–Kier alpha value is -2.73. The number of likely N-dealkylation sites (N-methyl/N-ethyl adjacent to an activating group) is 1. The molecule has 2 rings (SSSR count). The second kappa shape index (κ2) is 12.8. The largest absolute Gasteiger partial charge is 0.460 e. The molecule has 0 aliphatic carbocycles. The van der Waals surface area contributed by atoms with Crippen LogP contribution in [0.1, 0.15) is 69.9 Å². The second-order valence-corrected chi connectivity index (χ2v) is 10.1. The minimum atomic E-state index is -7.00. The molecule has 0 bridgehead atoms. The van der Waals surface area contributed by atoms with E-state index in [1.54, 1.807) is 43.3 Å². The van der Waals surface area contributed by atoms with Gasteiger partial charge in [-0.15, -0.1) is 6.58 Å². The average molecular weight is 589 g/mol. The van der Waals surface area contributed by atoms with Crippen molar-refractivity contribution in [2.45, 2.75) is 94.3 Å². The van der Waals surface area contributed by atoms with Crippen molar-refractivity contribution in [3.63, 3.8) is 0 Å². The molecule has 1 aromatic rings. The van der Waals surface area contributed by atoms with E-state index >= 15 is 0 Å². The average Bonchev–Trinajstić information content (AvgIpc) is 3.10. The van der Waals surface area contributed by atoms with Gasteiger partial charge in [-0.1, -0.05) is 55.7 Å². The summed E-state index contributed by atoms with van der Waals surface area (Å²) in [6.07, 6.45) is -5.81. The van der Waals surface area contributed by atoms with Crippen LogP contribution >= 0.6 is 0 Å². The number of allylic oxidation sites excluding steroid dienone is 1. The highest BCUT2D eigenvalue weighted by atomic mass is 19.4. The van der Waals surface area contributed by atoms with Crippen LogP contribution in [0.2, 0.25) is 0 Å². The van der Waals surface area contributed by atoms with Gasteiger partial charge < -0.3 is 4.90 Å². The third-order valence-corrected chi connectivity index (χ3v) is 7.31. The van der Waals surface area contributed by atoms with Gasteiger partial charge >= 0.3 is 30.0 Å². The Labute approximate surface area is 227 Å². The lowest BCUT2D eigenvalue weighted by Crippen LogP contribution is -2.60. The number of halogens is 9. The predicted octanol–water partition coefficient (Wildman–Crippen LogP) is 8.40. The number of urea groups is 1. The normalized spacial score (nSPS) is 19.7. The summed E-state index contributed by atoms with van der Waals surface area (Å²) in [6.45, 7) is 5.23. The van der Waals surface area contributed by atoms with E-state index in [1.807, 2.05) is 0 Å². The number of carbonyl (C=O) groups is 2. The molecule has 3 amide bonds. The van der Waals surface area contributed by atoms with Crippen molar-refractivity contribution in [3.05, 3.63) is 48.6 Å². The van der Waals surface area contributed by atoms with Crippen molar-refractivity contribution in [3.8, 4) is 0 Å². The molecule has 1 aliphatic heterocycles. The third kappa shape index (κ3) is 6.76. The van der Waals surface area contributed by atoms with Crippen molar-refractivity contribution in [2.24, 2.45) is 5.92 Å². The zero-order chi connectivity index (χ0) is 30.5. The molecule has 40 heavy (non-hydrogen) atoms. The lowest BCUT2D eigenvalue weighted by atomic mass is 9.89. The lowest BCUT2D eigenvalue weighted by Gasteiger charge is -2.34. The number of nitrogens with zero attached hydrogens (tertiary/aromatic N) is 2. The maximum absolute atomic E-state index is 14.4. The second-order valence-electron chi connectivity index (χ2n) is 10.1. The zero-order valence-corrected chi connectivity index (χ0v) is 22.2. The molecular weight excluding hydrogens is 555 g/mol. The first kappa shape index (κ1) is 33.5. The molecule has 0 saturated carbocycles. The van der Waals surface area contributed by atoms with Crippen molar-refractivity contribution >= 4 is 11.9 Å². The number of alkyl halides is 9. The number of rotatable bonds is 14. The summed E-state index contributed by atoms with van der Waals surface area (Å²) in [7, 11) is 1.42. The Morgan fingerprint density at radius 1 is 0.925 bits per heavy atom. The first-order valence-corrected chi connectivity index (χ1v) is 12.9. The summed E-state index contributed by atoms with van der Waals surface area (Å²) in [5, 5.41) is 0. The van der Waals surface area contributed by atoms with Crippen LogP contribution in [0.4, 0.5) is 44.3 Å². The van der Waals surface area contributed by atoms with Crippen molar-refractivity contribution in [1.29, 1.82) is 0 Å². The highest BCUT2D eigenvalue weighted by Gasteiger charge is 2.81. The fourth-order valence-corrected chi connectivity index (χ4v) is 4.74. The van der Waals surface area contributed by atoms with E-state index in [0.29, 0.717) is 24.8 Å². The SMILES string of the molecule is C=CCCCCCC[C@H](CCC(F)(F)C(F)(F)C(F)(F)C(F)(F)F)C(=O)N1C(=O)N(C)[C@@H](C)[C@H]1c1ccccc1. The molecular formula is C27H33F9N2O2. The molecule has 4 nitrogen and oxygen atoms in total. The van der Waals surface area contributed by atoms with Gasteiger partial charge in [0, 0.05) is 19.4 Å². The van der Waals surface area contributed by atoms with Crippen LogP contribution in [0.5, 0.6) is 0 Å². The number of unbranched alkanes of at least 4 members (excludes halogenated alkanes) is 4. The molecule has 0 N–H and O–H groups in total. The minimum absolute atomic E-state index is 0.159. The van der Waals surface area contributed by atoms with Crippen molar-refractivity contribution < 1.29 is 49.1 Å². The fourth-order valence-electron chi connectivity index (χ4n) is 4.74. The Kier molecular flexibility index (Phi) is 10.7. The van der Waals surface area contributed by atoms with Gasteiger partial charge in [0.1, 0.15) is 0 Å². The first-order chi connectivity index (χ1) is 18.4. The molecule has 0 spiro atoms. The van der Waals surface area contributed by atoms with Crippen molar-refractivity contribution in [2.75, 3.05) is 7.05 Å². The van der Waals surface area contributed by atoms with Crippen LogP contribution in [-0.2, 0) is 4.79 Å². The zero-order valence-electron chi connectivity index (χ0n) is 22.2. The van der Waals surface area contributed by atoms with Gasteiger partial charge in [-0.3, -0.25) is 9.69 Å². The molecule has 1 saturated heterocycles. The molecule has 3 atom stereocenters. The number of hydrogen-bond donors (Lipinski definition) is 0. The van der Waals surface area contributed by atoms with E-state index < -0.39 is 66.7 Å². The van der Waals surface area contributed by atoms with Gasteiger partial charge in [0.2, 0.25) is 5.91 Å². The molecule has 1 heterocycles. The van der Waals surface area contributed by atoms with E-state index in [2.05, 4.69) is 6.58 Å². The van der Waals surface area contributed by atoms with E-state index in [-0.39, 0.29) is 12.8 Å². The van der Waals surface area contributed by atoms with Crippen LogP contribution in [0.25, 0.3) is 0 Å². The quantitative estimate of drug-likeness (QED) is 0.124. The van der Waals surface area contributed by atoms with Crippen molar-refractivity contribution in [1.82, 2.24) is 9.80 Å². The predicted molar refractivity (Wildman–Crippen MR) is 130 cm³/mol. The summed E-state index contributed by atoms with van der Waals surface area (Å²) in [4.78, 5) is 28.7. The summed E-state index contributed by atoms with van der Waals surface area (Å²) >= 11 is 0. The highest BCUT2D eigenvalue weighted by Crippen LogP contribution is 2.54. The molecule has 1 fully saturated rings. The third-order valence-electron chi connectivity index (χ3n) is 7.31. The standard InChI is InChI=1S/C27H33F9N2O2/c1-4-5-6-7-8-10-15-20(16-17-24(28,29)25(30,31)26(32,33)27(34,35)36)22(39)38-21(18(2)37(3)23(38)40)19-13-11-9-12-14-19/h4,9,11-14,18,20-21H,1,5-8,10,15-17H2,2-3H3/t18-,20+,21-/m0/s1. The Morgan fingerprint density at radius 2 is 1.50 bits per heavy atom. The summed E-state index contributed by atoms with van der Waals surface area (Å²) in [5.41, 5.74) is 0.533. The Bertz CT molecular complexity index is 1020. The van der Waals surface area contributed by atoms with Gasteiger partial charge in [-0.2, -0.15) is 39.5 Å². The minimum Gasteiger partial charge on any atom is -0.322 e. The summed E-state index contributed by atoms with van der Waals surface area (Å²) < 4.78 is 121. The van der Waals surface area contributed by atoms with E-state index in [0.717, 1.165) is 11.3 Å². The van der Waals surface area contributed by atoms with E-state index in [9.17, 15) is 49.1 Å². The maximum atomic E-state index is 14.4. The van der Waals surface area contributed by atoms with Gasteiger partial charge in [0.15, 0.2) is 0 Å². The molecule has 0 unspecified atom stereocenters. The Balaban J connectivity index is 2.35. The topological polar surface area (TPSA) is 40.6 Å². The summed E-state index contributed by atoms with van der Waals surface area (Å²) in [5.74, 6) is -22.1. The lowest BCUT2D eigenvalue weighted by molar-refractivity contribution is -0.396. The number of amides is 3. The molecule has 13 heteroatoms. The first-order valence-electron chi connectivity index (χ1n) is 12.9. The van der Waals surface area contributed by atoms with Crippen LogP contribution in [0.15, 0.2) is 43.0 Å². The Morgan fingerprint density at radius 3 is 2.05 bits per heavy atom. The molecule has 0 radical (unpaired) electrons. The van der Waals surface area contributed by atoms with E-state index in [1.165, 1.54) is 11.9 Å². The van der Waals surface area contributed by atoms with Crippen LogP contribution in [0, 0.1) is 5.92 Å². The van der Waals surface area contributed by atoms with Crippen LogP contribution in [-0.4, -0.2) is 58.8 Å². The molecule has 1 aliphatic rings.